The number of nitrogens with zero attached hydrogens (tertiary/aromatic N) is 3. The predicted octanol–water partition coefficient (Wildman–Crippen LogP) is 2.94. The molecule has 1 saturated heterocycles. The first-order chi connectivity index (χ1) is 9.33. The summed E-state index contributed by atoms with van der Waals surface area (Å²) < 4.78 is 0. The maximum Gasteiger partial charge on any atom is 0.129 e. The summed E-state index contributed by atoms with van der Waals surface area (Å²) in [7, 11) is 0. The van der Waals surface area contributed by atoms with Gasteiger partial charge in [0.1, 0.15) is 5.82 Å². The molecule has 1 atom stereocenters. The molecule has 0 N–H and O–H groups in total. The lowest BCUT2D eigenvalue weighted by Crippen LogP contribution is -2.31. The van der Waals surface area contributed by atoms with Crippen LogP contribution in [-0.2, 0) is 12.8 Å². The molecule has 1 unspecified atom stereocenters. The number of aryl methyl sites for hydroxylation is 1. The van der Waals surface area contributed by atoms with Crippen LogP contribution in [0.1, 0.15) is 62.0 Å². The summed E-state index contributed by atoms with van der Waals surface area (Å²) in [6, 6.07) is 0. The Morgan fingerprint density at radius 2 is 2.05 bits per heavy atom. The highest BCUT2D eigenvalue weighted by molar-refractivity contribution is 5.24. The second-order valence-corrected chi connectivity index (χ2v) is 6.13. The summed E-state index contributed by atoms with van der Waals surface area (Å²) in [6.45, 7) is 5.97. The van der Waals surface area contributed by atoms with E-state index in [0.717, 1.165) is 25.2 Å². The fourth-order valence-electron chi connectivity index (χ4n) is 3.37. The zero-order chi connectivity index (χ0) is 13.1. The topological polar surface area (TPSA) is 29.0 Å². The van der Waals surface area contributed by atoms with E-state index in [1.54, 1.807) is 0 Å². The van der Waals surface area contributed by atoms with E-state index in [0.29, 0.717) is 5.92 Å². The summed E-state index contributed by atoms with van der Waals surface area (Å²) >= 11 is 0. The maximum atomic E-state index is 4.81. The van der Waals surface area contributed by atoms with E-state index in [1.165, 1.54) is 56.5 Å². The first kappa shape index (κ1) is 13.0. The van der Waals surface area contributed by atoms with Crippen molar-refractivity contribution < 1.29 is 0 Å². The molecule has 1 aliphatic heterocycles. The number of hydrogen-bond donors (Lipinski definition) is 0. The Balaban J connectivity index is 1.62. The van der Waals surface area contributed by atoms with Crippen LogP contribution in [0.5, 0.6) is 0 Å². The van der Waals surface area contributed by atoms with Gasteiger partial charge in [-0.25, -0.2) is 9.97 Å². The summed E-state index contributed by atoms with van der Waals surface area (Å²) in [6.07, 6.45) is 11.0. The van der Waals surface area contributed by atoms with Crippen molar-refractivity contribution in [3.05, 3.63) is 23.3 Å². The van der Waals surface area contributed by atoms with Crippen LogP contribution in [0.2, 0.25) is 0 Å². The smallest absolute Gasteiger partial charge is 0.129 e. The largest absolute Gasteiger partial charge is 0.303 e. The molecule has 3 rings (SSSR count). The third-order valence-electron chi connectivity index (χ3n) is 4.63. The highest BCUT2D eigenvalue weighted by atomic mass is 15.1. The summed E-state index contributed by atoms with van der Waals surface area (Å²) in [4.78, 5) is 12.0. The van der Waals surface area contributed by atoms with Gasteiger partial charge in [0.05, 0.1) is 0 Å². The number of rotatable bonds is 3. The van der Waals surface area contributed by atoms with E-state index >= 15 is 0 Å². The first-order valence-electron chi connectivity index (χ1n) is 7.90. The van der Waals surface area contributed by atoms with Crippen LogP contribution in [0.15, 0.2) is 6.20 Å². The second kappa shape index (κ2) is 6.00. The Bertz CT molecular complexity index is 424. The van der Waals surface area contributed by atoms with Crippen molar-refractivity contribution in [1.82, 2.24) is 14.9 Å². The molecule has 3 nitrogen and oxygen atoms in total. The molecule has 1 aromatic rings. The van der Waals surface area contributed by atoms with Gasteiger partial charge in [-0.05, 0) is 56.7 Å². The monoisotopic (exact) mass is 259 g/mol. The molecule has 2 aliphatic rings. The van der Waals surface area contributed by atoms with E-state index in [1.807, 2.05) is 0 Å². The van der Waals surface area contributed by atoms with E-state index in [2.05, 4.69) is 23.0 Å². The van der Waals surface area contributed by atoms with E-state index in [9.17, 15) is 0 Å². The Hall–Kier alpha value is -0.960. The van der Waals surface area contributed by atoms with Gasteiger partial charge in [-0.3, -0.25) is 0 Å². The Kier molecular flexibility index (Phi) is 4.12. The molecule has 1 aliphatic carbocycles. The predicted molar refractivity (Wildman–Crippen MR) is 77.4 cm³/mol. The lowest BCUT2D eigenvalue weighted by atomic mass is 9.88. The van der Waals surface area contributed by atoms with E-state index in [-0.39, 0.29) is 0 Å². The van der Waals surface area contributed by atoms with Crippen LogP contribution in [0.4, 0.5) is 0 Å². The highest BCUT2D eigenvalue weighted by Gasteiger charge is 2.18. The van der Waals surface area contributed by atoms with Gasteiger partial charge < -0.3 is 4.90 Å². The van der Waals surface area contributed by atoms with Crippen LogP contribution >= 0.6 is 0 Å². The van der Waals surface area contributed by atoms with Crippen LogP contribution < -0.4 is 0 Å². The third kappa shape index (κ3) is 3.14. The zero-order valence-electron chi connectivity index (χ0n) is 12.1. The molecule has 2 heterocycles. The van der Waals surface area contributed by atoms with Crippen molar-refractivity contribution in [1.29, 1.82) is 0 Å². The van der Waals surface area contributed by atoms with Crippen LogP contribution in [0, 0.1) is 0 Å². The number of piperidine rings is 1. The molecule has 0 radical (unpaired) electrons. The minimum absolute atomic E-state index is 0.653. The highest BCUT2D eigenvalue weighted by Crippen LogP contribution is 2.29. The SMILES string of the molecule is CC1CCCc2nc(CCN3CCCCC3)ncc21. The van der Waals surface area contributed by atoms with Crippen molar-refractivity contribution in [2.45, 2.75) is 57.8 Å². The van der Waals surface area contributed by atoms with Gasteiger partial charge in [0, 0.05) is 24.9 Å². The average molecular weight is 259 g/mol. The van der Waals surface area contributed by atoms with Crippen molar-refractivity contribution in [2.75, 3.05) is 19.6 Å². The molecule has 3 heteroatoms. The molecule has 0 amide bonds. The fraction of sp³-hybridized carbons (Fsp3) is 0.750. The maximum absolute atomic E-state index is 4.81. The van der Waals surface area contributed by atoms with Gasteiger partial charge in [-0.15, -0.1) is 0 Å². The van der Waals surface area contributed by atoms with Crippen molar-refractivity contribution >= 4 is 0 Å². The number of likely N-dealkylation sites (tertiary alicyclic amines) is 1. The normalized spacial score (nSPS) is 24.2. The number of hydrogen-bond acceptors (Lipinski definition) is 3. The minimum atomic E-state index is 0.653. The van der Waals surface area contributed by atoms with Gasteiger partial charge in [0.25, 0.3) is 0 Å². The quantitative estimate of drug-likeness (QED) is 0.835. The minimum Gasteiger partial charge on any atom is -0.303 e. The molecule has 19 heavy (non-hydrogen) atoms. The first-order valence-corrected chi connectivity index (χ1v) is 7.90. The Morgan fingerprint density at radius 3 is 2.89 bits per heavy atom. The molecule has 1 fully saturated rings. The van der Waals surface area contributed by atoms with Crippen molar-refractivity contribution in [3.63, 3.8) is 0 Å². The Morgan fingerprint density at radius 1 is 1.21 bits per heavy atom. The molecule has 0 spiro atoms. The number of fused-ring (bicyclic) bond motifs is 1. The number of aromatic nitrogens is 2. The van der Waals surface area contributed by atoms with Crippen LogP contribution in [0.3, 0.4) is 0 Å². The molecule has 1 aromatic heterocycles. The lowest BCUT2D eigenvalue weighted by molar-refractivity contribution is 0.230. The van der Waals surface area contributed by atoms with Gasteiger partial charge in [0.2, 0.25) is 0 Å². The summed E-state index contributed by atoms with van der Waals surface area (Å²) in [5.41, 5.74) is 2.72. The zero-order valence-corrected chi connectivity index (χ0v) is 12.1. The average Bonchev–Trinajstić information content (AvgIpc) is 2.46. The molecule has 0 aromatic carbocycles. The second-order valence-electron chi connectivity index (χ2n) is 6.13. The van der Waals surface area contributed by atoms with Gasteiger partial charge >= 0.3 is 0 Å². The fourth-order valence-corrected chi connectivity index (χ4v) is 3.37. The molecule has 0 saturated carbocycles. The molecular weight excluding hydrogens is 234 g/mol. The van der Waals surface area contributed by atoms with Gasteiger partial charge in [0.15, 0.2) is 0 Å². The van der Waals surface area contributed by atoms with Crippen LogP contribution in [0.25, 0.3) is 0 Å². The molecule has 104 valence electrons. The summed E-state index contributed by atoms with van der Waals surface area (Å²) in [5.74, 6) is 1.71. The van der Waals surface area contributed by atoms with Gasteiger partial charge in [-0.2, -0.15) is 0 Å². The Labute approximate surface area is 116 Å². The lowest BCUT2D eigenvalue weighted by Gasteiger charge is -2.26. The summed E-state index contributed by atoms with van der Waals surface area (Å²) in [5, 5.41) is 0. The third-order valence-corrected chi connectivity index (χ3v) is 4.63. The van der Waals surface area contributed by atoms with Gasteiger partial charge in [-0.1, -0.05) is 13.3 Å². The molecular formula is C16H25N3. The van der Waals surface area contributed by atoms with Crippen LogP contribution in [-0.4, -0.2) is 34.5 Å². The molecule has 0 bridgehead atoms. The van der Waals surface area contributed by atoms with Crippen molar-refractivity contribution in [3.8, 4) is 0 Å². The van der Waals surface area contributed by atoms with Crippen molar-refractivity contribution in [2.24, 2.45) is 0 Å². The standard InChI is InChI=1S/C16H25N3/c1-13-6-5-7-15-14(13)12-17-16(18-15)8-11-19-9-3-2-4-10-19/h12-13H,2-11H2,1H3. The van der Waals surface area contributed by atoms with E-state index in [4.69, 9.17) is 4.98 Å². The van der Waals surface area contributed by atoms with E-state index < -0.39 is 0 Å².